The first kappa shape index (κ1) is 22.2. The van der Waals surface area contributed by atoms with Crippen molar-refractivity contribution >= 4 is 11.6 Å². The van der Waals surface area contributed by atoms with Gasteiger partial charge in [-0.1, -0.05) is 83.9 Å². The molecule has 144 valence electrons. The lowest BCUT2D eigenvalue weighted by atomic mass is 10.0. The van der Waals surface area contributed by atoms with Gasteiger partial charge in [0.05, 0.1) is 13.2 Å². The first-order chi connectivity index (χ1) is 12.2. The molecule has 25 heavy (non-hydrogen) atoms. The van der Waals surface area contributed by atoms with E-state index in [4.69, 9.17) is 21.1 Å². The minimum atomic E-state index is 0.596. The predicted octanol–water partition coefficient (Wildman–Crippen LogP) is 7.53. The fourth-order valence-corrected chi connectivity index (χ4v) is 3.16. The third-order valence-corrected chi connectivity index (χ3v) is 5.34. The standard InChI is InChI=1S/C22H37ClO2/c1-5-9-12-18(7-3)16-24-20-14-11-15-21(22(20)23)25-17-19(8-4)13-10-6-2/h11,14-15,18-19H,5-10,12-13,16-17H2,1-4H3. The van der Waals surface area contributed by atoms with E-state index in [-0.39, 0.29) is 0 Å². The van der Waals surface area contributed by atoms with E-state index < -0.39 is 0 Å². The van der Waals surface area contributed by atoms with E-state index in [2.05, 4.69) is 27.7 Å². The molecule has 0 fully saturated rings. The molecule has 3 heteroatoms. The number of rotatable bonds is 14. The third kappa shape index (κ3) is 8.35. The number of ether oxygens (including phenoxy) is 2. The van der Waals surface area contributed by atoms with E-state index in [9.17, 15) is 0 Å². The Labute approximate surface area is 160 Å². The maximum Gasteiger partial charge on any atom is 0.141 e. The first-order valence-corrected chi connectivity index (χ1v) is 10.6. The van der Waals surface area contributed by atoms with Gasteiger partial charge in [0.1, 0.15) is 16.5 Å². The zero-order valence-electron chi connectivity index (χ0n) is 16.7. The van der Waals surface area contributed by atoms with Crippen molar-refractivity contribution in [1.82, 2.24) is 0 Å². The molecule has 2 nitrogen and oxygen atoms in total. The molecule has 0 N–H and O–H groups in total. The predicted molar refractivity (Wildman–Crippen MR) is 109 cm³/mol. The van der Waals surface area contributed by atoms with E-state index in [1.807, 2.05) is 18.2 Å². The summed E-state index contributed by atoms with van der Waals surface area (Å²) in [7, 11) is 0. The van der Waals surface area contributed by atoms with E-state index in [1.165, 1.54) is 38.5 Å². The molecule has 1 rings (SSSR count). The second kappa shape index (κ2) is 13.3. The number of hydrogen-bond donors (Lipinski definition) is 0. The van der Waals surface area contributed by atoms with Crippen molar-refractivity contribution in [2.24, 2.45) is 11.8 Å². The van der Waals surface area contributed by atoms with Gasteiger partial charge in [-0.2, -0.15) is 0 Å². The fourth-order valence-electron chi connectivity index (χ4n) is 2.93. The second-order valence-corrected chi connectivity index (χ2v) is 7.40. The van der Waals surface area contributed by atoms with Crippen molar-refractivity contribution in [3.05, 3.63) is 23.2 Å². The lowest BCUT2D eigenvalue weighted by molar-refractivity contribution is 0.223. The first-order valence-electron chi connectivity index (χ1n) is 10.2. The Hall–Kier alpha value is -0.890. The summed E-state index contributed by atoms with van der Waals surface area (Å²) in [6.07, 6.45) is 9.71. The molecule has 0 aliphatic rings. The monoisotopic (exact) mass is 368 g/mol. The van der Waals surface area contributed by atoms with Crippen LogP contribution in [0.3, 0.4) is 0 Å². The van der Waals surface area contributed by atoms with Crippen molar-refractivity contribution in [3.63, 3.8) is 0 Å². The van der Waals surface area contributed by atoms with Crippen LogP contribution in [0, 0.1) is 11.8 Å². The minimum absolute atomic E-state index is 0.596. The number of benzene rings is 1. The maximum absolute atomic E-state index is 6.52. The zero-order chi connectivity index (χ0) is 18.5. The van der Waals surface area contributed by atoms with Crippen LogP contribution in [0.1, 0.15) is 79.1 Å². The summed E-state index contributed by atoms with van der Waals surface area (Å²) in [4.78, 5) is 0. The maximum atomic E-state index is 6.52. The Morgan fingerprint density at radius 2 is 1.24 bits per heavy atom. The molecular formula is C22H37ClO2. The smallest absolute Gasteiger partial charge is 0.141 e. The van der Waals surface area contributed by atoms with Crippen LogP contribution in [0.25, 0.3) is 0 Å². The van der Waals surface area contributed by atoms with Crippen LogP contribution < -0.4 is 9.47 Å². The van der Waals surface area contributed by atoms with Gasteiger partial charge in [-0.3, -0.25) is 0 Å². The quantitative estimate of drug-likeness (QED) is 0.337. The van der Waals surface area contributed by atoms with Gasteiger partial charge in [0.25, 0.3) is 0 Å². The van der Waals surface area contributed by atoms with E-state index >= 15 is 0 Å². The molecule has 0 bridgehead atoms. The van der Waals surface area contributed by atoms with Crippen LogP contribution >= 0.6 is 11.6 Å². The van der Waals surface area contributed by atoms with Gasteiger partial charge in [0.2, 0.25) is 0 Å². The van der Waals surface area contributed by atoms with Crippen molar-refractivity contribution < 1.29 is 9.47 Å². The topological polar surface area (TPSA) is 18.5 Å². The highest BCUT2D eigenvalue weighted by atomic mass is 35.5. The summed E-state index contributed by atoms with van der Waals surface area (Å²) in [5.41, 5.74) is 0. The highest BCUT2D eigenvalue weighted by Crippen LogP contribution is 2.35. The Morgan fingerprint density at radius 3 is 1.60 bits per heavy atom. The molecule has 0 heterocycles. The van der Waals surface area contributed by atoms with E-state index in [0.29, 0.717) is 16.9 Å². The van der Waals surface area contributed by atoms with Gasteiger partial charge in [0, 0.05) is 0 Å². The number of hydrogen-bond acceptors (Lipinski definition) is 2. The van der Waals surface area contributed by atoms with Gasteiger partial charge < -0.3 is 9.47 Å². The van der Waals surface area contributed by atoms with Gasteiger partial charge in [-0.15, -0.1) is 0 Å². The molecule has 0 aromatic heterocycles. The molecule has 1 aromatic rings. The average Bonchev–Trinajstić information content (AvgIpc) is 2.64. The number of unbranched alkanes of at least 4 members (excludes halogenated alkanes) is 2. The molecule has 0 amide bonds. The molecule has 1 aromatic carbocycles. The molecule has 0 saturated carbocycles. The SMILES string of the molecule is CCCCC(CC)COc1cccc(OCC(CC)CCCC)c1Cl. The van der Waals surface area contributed by atoms with Gasteiger partial charge in [0.15, 0.2) is 0 Å². The van der Waals surface area contributed by atoms with Gasteiger partial charge in [-0.25, -0.2) is 0 Å². The summed E-state index contributed by atoms with van der Waals surface area (Å²) >= 11 is 6.52. The highest BCUT2D eigenvalue weighted by molar-refractivity contribution is 6.33. The molecule has 2 atom stereocenters. The van der Waals surface area contributed by atoms with E-state index in [1.54, 1.807) is 0 Å². The Kier molecular flexibility index (Phi) is 11.8. The van der Waals surface area contributed by atoms with Crippen LogP contribution in [-0.2, 0) is 0 Å². The minimum Gasteiger partial charge on any atom is -0.492 e. The summed E-state index contributed by atoms with van der Waals surface area (Å²) < 4.78 is 12.0. The summed E-state index contributed by atoms with van der Waals surface area (Å²) in [6, 6.07) is 5.85. The van der Waals surface area contributed by atoms with Crippen LogP contribution in [0.2, 0.25) is 5.02 Å². The fraction of sp³-hybridized carbons (Fsp3) is 0.727. The van der Waals surface area contributed by atoms with Crippen molar-refractivity contribution in [3.8, 4) is 11.5 Å². The summed E-state index contributed by atoms with van der Waals surface area (Å²) in [5, 5.41) is 0.609. The Morgan fingerprint density at radius 1 is 0.800 bits per heavy atom. The second-order valence-electron chi connectivity index (χ2n) is 7.02. The molecular weight excluding hydrogens is 332 g/mol. The molecule has 0 radical (unpaired) electrons. The summed E-state index contributed by atoms with van der Waals surface area (Å²) in [5.74, 6) is 2.68. The van der Waals surface area contributed by atoms with Crippen LogP contribution in [0.4, 0.5) is 0 Å². The van der Waals surface area contributed by atoms with Crippen molar-refractivity contribution in [1.29, 1.82) is 0 Å². The third-order valence-electron chi connectivity index (χ3n) is 4.96. The van der Waals surface area contributed by atoms with Gasteiger partial charge >= 0.3 is 0 Å². The zero-order valence-corrected chi connectivity index (χ0v) is 17.4. The van der Waals surface area contributed by atoms with E-state index in [0.717, 1.165) is 37.6 Å². The highest BCUT2D eigenvalue weighted by Gasteiger charge is 2.13. The molecule has 0 spiro atoms. The largest absolute Gasteiger partial charge is 0.492 e. The molecule has 0 aliphatic carbocycles. The molecule has 0 saturated heterocycles. The lowest BCUT2D eigenvalue weighted by Gasteiger charge is -2.19. The van der Waals surface area contributed by atoms with Crippen molar-refractivity contribution in [2.75, 3.05) is 13.2 Å². The van der Waals surface area contributed by atoms with Gasteiger partial charge in [-0.05, 0) is 36.8 Å². The lowest BCUT2D eigenvalue weighted by Crippen LogP contribution is -2.13. The average molecular weight is 369 g/mol. The van der Waals surface area contributed by atoms with Crippen LogP contribution in [0.15, 0.2) is 18.2 Å². The Balaban J connectivity index is 2.59. The Bertz CT molecular complexity index is 423. The van der Waals surface area contributed by atoms with Crippen LogP contribution in [-0.4, -0.2) is 13.2 Å². The molecule has 0 aliphatic heterocycles. The number of halogens is 1. The normalized spacial score (nSPS) is 13.5. The molecule has 2 unspecified atom stereocenters. The van der Waals surface area contributed by atoms with Crippen LogP contribution in [0.5, 0.6) is 11.5 Å². The summed E-state index contributed by atoms with van der Waals surface area (Å²) in [6.45, 7) is 10.4. The van der Waals surface area contributed by atoms with Crippen molar-refractivity contribution in [2.45, 2.75) is 79.1 Å².